The highest BCUT2D eigenvalue weighted by molar-refractivity contribution is 7.92. The molecule has 3 aromatic carbocycles. The minimum Gasteiger partial charge on any atom is -0.494 e. The summed E-state index contributed by atoms with van der Waals surface area (Å²) in [6, 6.07) is 21.5. The lowest BCUT2D eigenvalue weighted by atomic mass is 9.88. The lowest BCUT2D eigenvalue weighted by molar-refractivity contribution is 0.300. The average Bonchev–Trinajstić information content (AvgIpc) is 2.89. The minimum absolute atomic E-state index is 0.463. The predicted molar refractivity (Wildman–Crippen MR) is 125 cm³/mol. The van der Waals surface area contributed by atoms with Crippen molar-refractivity contribution < 1.29 is 17.9 Å². The van der Waals surface area contributed by atoms with E-state index in [1.807, 2.05) is 55.5 Å². The Bertz CT molecular complexity index is 1260. The van der Waals surface area contributed by atoms with Crippen LogP contribution in [-0.2, 0) is 16.6 Å². The minimum atomic E-state index is -3.36. The van der Waals surface area contributed by atoms with Gasteiger partial charge in [0.15, 0.2) is 0 Å². The number of sulfonamides is 1. The van der Waals surface area contributed by atoms with Crippen LogP contribution in [0.5, 0.6) is 11.5 Å². The number of hydrogen-bond acceptors (Lipinski definition) is 4. The van der Waals surface area contributed by atoms with Crippen LogP contribution in [0.15, 0.2) is 66.7 Å². The maximum Gasteiger partial charge on any atom is 0.229 e. The Morgan fingerprint density at radius 1 is 1.03 bits per heavy atom. The lowest BCUT2D eigenvalue weighted by Gasteiger charge is -2.16. The number of benzene rings is 3. The largest absolute Gasteiger partial charge is 0.494 e. The van der Waals surface area contributed by atoms with E-state index in [4.69, 9.17) is 9.47 Å². The zero-order valence-electron chi connectivity index (χ0n) is 17.8. The molecule has 3 aromatic rings. The molecule has 160 valence electrons. The molecule has 0 aromatic heterocycles. The van der Waals surface area contributed by atoms with Crippen LogP contribution in [0.25, 0.3) is 11.1 Å². The molecular weight excluding hydrogens is 410 g/mol. The molecule has 0 amide bonds. The summed E-state index contributed by atoms with van der Waals surface area (Å²) >= 11 is 0. The molecule has 6 heteroatoms. The number of anilines is 1. The molecule has 0 radical (unpaired) electrons. The van der Waals surface area contributed by atoms with Gasteiger partial charge in [-0.05, 0) is 65.9 Å². The Hall–Kier alpha value is -3.25. The molecule has 1 aliphatic heterocycles. The summed E-state index contributed by atoms with van der Waals surface area (Å²) in [6.45, 7) is 5.05. The normalized spacial score (nSPS) is 14.5. The highest BCUT2D eigenvalue weighted by Gasteiger charge is 2.22. The molecule has 4 rings (SSSR count). The van der Waals surface area contributed by atoms with E-state index in [-0.39, 0.29) is 0 Å². The van der Waals surface area contributed by atoms with Crippen molar-refractivity contribution in [3.05, 3.63) is 89.0 Å². The van der Waals surface area contributed by atoms with Gasteiger partial charge in [-0.2, -0.15) is 0 Å². The van der Waals surface area contributed by atoms with E-state index in [2.05, 4.69) is 23.8 Å². The van der Waals surface area contributed by atoms with Gasteiger partial charge in [-0.15, -0.1) is 0 Å². The standard InChI is InChI=1S/C25H25NO4S/c1-4-29-21-12-13-23-24(15-21)30-16-19-8-5-6-11-22(19)25(23)17(2)18-9-7-10-20(14-18)26-31(3,27)28/h5-15,26H,4,16H2,1-3H3/b25-17+. The van der Waals surface area contributed by atoms with E-state index >= 15 is 0 Å². The van der Waals surface area contributed by atoms with E-state index in [0.717, 1.165) is 51.2 Å². The molecule has 0 unspecified atom stereocenters. The van der Waals surface area contributed by atoms with Crippen LogP contribution in [0.4, 0.5) is 5.69 Å². The van der Waals surface area contributed by atoms with Gasteiger partial charge in [0, 0.05) is 17.3 Å². The second kappa shape index (κ2) is 8.47. The topological polar surface area (TPSA) is 64.6 Å². The van der Waals surface area contributed by atoms with Gasteiger partial charge >= 0.3 is 0 Å². The number of ether oxygens (including phenoxy) is 2. The SMILES string of the molecule is CCOc1ccc2c(c1)OCc1ccccc1/C2=C(/C)c1cccc(NS(C)(=O)=O)c1. The first kappa shape index (κ1) is 21.0. The molecule has 5 nitrogen and oxygen atoms in total. The predicted octanol–water partition coefficient (Wildman–Crippen LogP) is 5.33. The molecule has 0 bridgehead atoms. The monoisotopic (exact) mass is 435 g/mol. The third kappa shape index (κ3) is 4.59. The zero-order chi connectivity index (χ0) is 22.0. The summed E-state index contributed by atoms with van der Waals surface area (Å²) in [5, 5.41) is 0. The van der Waals surface area contributed by atoms with Gasteiger partial charge in [-0.25, -0.2) is 8.42 Å². The smallest absolute Gasteiger partial charge is 0.229 e. The van der Waals surface area contributed by atoms with Crippen LogP contribution in [0.1, 0.15) is 36.1 Å². The molecule has 1 aliphatic rings. The van der Waals surface area contributed by atoms with Gasteiger partial charge in [0.05, 0.1) is 12.9 Å². The molecular formula is C25H25NO4S. The van der Waals surface area contributed by atoms with E-state index in [1.165, 1.54) is 0 Å². The number of allylic oxidation sites excluding steroid dienone is 1. The first-order chi connectivity index (χ1) is 14.9. The number of hydrogen-bond donors (Lipinski definition) is 1. The van der Waals surface area contributed by atoms with Crippen LogP contribution in [-0.4, -0.2) is 21.3 Å². The molecule has 0 spiro atoms. The van der Waals surface area contributed by atoms with E-state index in [1.54, 1.807) is 6.07 Å². The molecule has 0 aliphatic carbocycles. The Kier molecular flexibility index (Phi) is 5.74. The third-order valence-electron chi connectivity index (χ3n) is 5.18. The fraction of sp³-hybridized carbons (Fsp3) is 0.200. The van der Waals surface area contributed by atoms with Gasteiger partial charge in [0.1, 0.15) is 18.1 Å². The highest BCUT2D eigenvalue weighted by atomic mass is 32.2. The van der Waals surface area contributed by atoms with Crippen LogP contribution in [0, 0.1) is 0 Å². The Balaban J connectivity index is 1.92. The van der Waals surface area contributed by atoms with Crippen LogP contribution >= 0.6 is 0 Å². The molecule has 1 N–H and O–H groups in total. The van der Waals surface area contributed by atoms with Crippen molar-refractivity contribution >= 4 is 26.9 Å². The van der Waals surface area contributed by atoms with Gasteiger partial charge in [0.25, 0.3) is 0 Å². The fourth-order valence-corrected chi connectivity index (χ4v) is 4.41. The molecule has 1 heterocycles. The molecule has 0 saturated carbocycles. The second-order valence-electron chi connectivity index (χ2n) is 7.49. The van der Waals surface area contributed by atoms with Crippen LogP contribution in [0.2, 0.25) is 0 Å². The van der Waals surface area contributed by atoms with Crippen molar-refractivity contribution in [2.24, 2.45) is 0 Å². The van der Waals surface area contributed by atoms with Crippen molar-refractivity contribution in [2.45, 2.75) is 20.5 Å². The van der Waals surface area contributed by atoms with Crippen molar-refractivity contribution in [3.63, 3.8) is 0 Å². The maximum absolute atomic E-state index is 11.7. The number of nitrogens with one attached hydrogen (secondary N) is 1. The first-order valence-corrected chi connectivity index (χ1v) is 12.0. The van der Waals surface area contributed by atoms with E-state index < -0.39 is 10.0 Å². The average molecular weight is 436 g/mol. The van der Waals surface area contributed by atoms with Crippen molar-refractivity contribution in [1.29, 1.82) is 0 Å². The summed E-state index contributed by atoms with van der Waals surface area (Å²) in [7, 11) is -3.36. The summed E-state index contributed by atoms with van der Waals surface area (Å²) in [5.74, 6) is 1.53. The first-order valence-electron chi connectivity index (χ1n) is 10.1. The van der Waals surface area contributed by atoms with Gasteiger partial charge in [0.2, 0.25) is 10.0 Å². The Labute approximate surface area is 183 Å². The third-order valence-corrected chi connectivity index (χ3v) is 5.78. The van der Waals surface area contributed by atoms with E-state index in [0.29, 0.717) is 18.9 Å². The molecule has 31 heavy (non-hydrogen) atoms. The number of rotatable bonds is 5. The van der Waals surface area contributed by atoms with Crippen molar-refractivity contribution in [1.82, 2.24) is 0 Å². The zero-order valence-corrected chi connectivity index (χ0v) is 18.6. The Morgan fingerprint density at radius 2 is 1.84 bits per heavy atom. The van der Waals surface area contributed by atoms with Crippen LogP contribution < -0.4 is 14.2 Å². The summed E-state index contributed by atoms with van der Waals surface area (Å²) in [6.07, 6.45) is 1.15. The summed E-state index contributed by atoms with van der Waals surface area (Å²) in [4.78, 5) is 0. The summed E-state index contributed by atoms with van der Waals surface area (Å²) < 4.78 is 37.8. The quantitative estimate of drug-likeness (QED) is 0.588. The maximum atomic E-state index is 11.7. The van der Waals surface area contributed by atoms with Crippen LogP contribution in [0.3, 0.4) is 0 Å². The molecule has 0 saturated heterocycles. The molecule has 0 fully saturated rings. The van der Waals surface area contributed by atoms with Gasteiger partial charge in [-0.1, -0.05) is 36.4 Å². The second-order valence-corrected chi connectivity index (χ2v) is 9.24. The van der Waals surface area contributed by atoms with E-state index in [9.17, 15) is 8.42 Å². The fourth-order valence-electron chi connectivity index (χ4n) is 3.85. The Morgan fingerprint density at radius 3 is 2.61 bits per heavy atom. The molecule has 0 atom stereocenters. The van der Waals surface area contributed by atoms with Gasteiger partial charge in [-0.3, -0.25) is 4.72 Å². The number of fused-ring (bicyclic) bond motifs is 2. The van der Waals surface area contributed by atoms with Crippen molar-refractivity contribution in [3.8, 4) is 11.5 Å². The van der Waals surface area contributed by atoms with Crippen molar-refractivity contribution in [2.75, 3.05) is 17.6 Å². The lowest BCUT2D eigenvalue weighted by Crippen LogP contribution is -2.09. The van der Waals surface area contributed by atoms with Gasteiger partial charge < -0.3 is 9.47 Å². The summed E-state index contributed by atoms with van der Waals surface area (Å²) in [5.41, 5.74) is 6.72. The highest BCUT2D eigenvalue weighted by Crippen LogP contribution is 2.42.